The van der Waals surface area contributed by atoms with E-state index in [1.807, 2.05) is 0 Å². The van der Waals surface area contributed by atoms with Gasteiger partial charge in [-0.25, -0.2) is 4.79 Å². The van der Waals surface area contributed by atoms with Crippen molar-refractivity contribution in [2.24, 2.45) is 5.16 Å². The summed E-state index contributed by atoms with van der Waals surface area (Å²) in [4.78, 5) is 49.1. The summed E-state index contributed by atoms with van der Waals surface area (Å²) in [5, 5.41) is 27.0. The van der Waals surface area contributed by atoms with Crippen molar-refractivity contribution in [3.8, 4) is 0 Å². The number of esters is 1. The zero-order chi connectivity index (χ0) is 24.2. The molecule has 0 spiro atoms. The molecule has 0 bridgehead atoms. The Morgan fingerprint density at radius 3 is 2.74 bits per heavy atom. The van der Waals surface area contributed by atoms with E-state index in [9.17, 15) is 29.7 Å². The lowest BCUT2D eigenvalue weighted by Crippen LogP contribution is -2.69. The second-order valence-electron chi connectivity index (χ2n) is 7.41. The number of rotatable bonds is 7. The second kappa shape index (κ2) is 10.3. The quantitative estimate of drug-likeness (QED) is 0.0935. The molecule has 0 aliphatic carbocycles. The van der Waals surface area contributed by atoms with Gasteiger partial charge in [-0.3, -0.25) is 24.4 Å². The molecule has 0 radical (unpaired) electrons. The molecule has 3 N–H and O–H groups in total. The summed E-state index contributed by atoms with van der Waals surface area (Å²) < 4.78 is 8.28. The molecule has 0 aromatic heterocycles. The number of fused-ring (bicyclic) bond motifs is 1. The number of amides is 2. The minimum Gasteiger partial charge on any atom is -0.457 e. The highest BCUT2D eigenvalue weighted by Crippen LogP contribution is 2.36. The van der Waals surface area contributed by atoms with Crippen LogP contribution in [0.4, 0.5) is 5.69 Å². The van der Waals surface area contributed by atoms with Crippen LogP contribution in [-0.4, -0.2) is 62.2 Å². The number of non-ortho nitro benzene ring substituents is 1. The van der Waals surface area contributed by atoms with Gasteiger partial charge in [-0.2, -0.15) is 0 Å². The lowest BCUT2D eigenvalue weighted by atomic mass is 10.0. The van der Waals surface area contributed by atoms with Gasteiger partial charge in [0, 0.05) is 30.6 Å². The molecule has 3 aliphatic rings. The number of nitrogens with one attached hydrogen (secondary N) is 2. The molecule has 1 unspecified atom stereocenters. The van der Waals surface area contributed by atoms with E-state index in [1.165, 1.54) is 59.1 Å². The van der Waals surface area contributed by atoms with Gasteiger partial charge in [0.15, 0.2) is 5.71 Å². The lowest BCUT2D eigenvalue weighted by molar-refractivity contribution is -0.384. The Morgan fingerprint density at radius 1 is 1.32 bits per heavy atom. The average Bonchev–Trinajstić information content (AvgIpc) is 2.86. The van der Waals surface area contributed by atoms with E-state index in [0.717, 1.165) is 0 Å². The van der Waals surface area contributed by atoms with E-state index in [-0.39, 0.29) is 34.7 Å². The van der Waals surface area contributed by atoms with Crippen LogP contribution >= 0.6 is 23.7 Å². The number of ether oxygens (including phenoxy) is 1. The summed E-state index contributed by atoms with van der Waals surface area (Å²) in [5.74, 6) is -1.37. The number of benzene rings is 1. The highest BCUT2D eigenvalue weighted by Gasteiger charge is 2.50. The maximum Gasteiger partial charge on any atom is 0.336 e. The predicted octanol–water partition coefficient (Wildman–Crippen LogP) is 1.28. The van der Waals surface area contributed by atoms with E-state index in [1.54, 1.807) is 5.41 Å². The Morgan fingerprint density at radius 2 is 2.09 bits per heavy atom. The van der Waals surface area contributed by atoms with Crippen LogP contribution in [0.3, 0.4) is 0 Å². The van der Waals surface area contributed by atoms with E-state index in [0.29, 0.717) is 24.1 Å². The molecular weight excluding hydrogens is 486 g/mol. The second-order valence-corrected chi connectivity index (χ2v) is 9.27. The lowest BCUT2D eigenvalue weighted by Gasteiger charge is -2.47. The molecule has 1 aromatic rings. The van der Waals surface area contributed by atoms with Crippen molar-refractivity contribution in [2.75, 3.05) is 12.3 Å². The van der Waals surface area contributed by atoms with Crippen molar-refractivity contribution < 1.29 is 29.3 Å². The first-order valence-corrected chi connectivity index (χ1v) is 12.0. The Balaban J connectivity index is 1.32. The van der Waals surface area contributed by atoms with Crippen molar-refractivity contribution in [2.45, 2.75) is 24.4 Å². The number of nitrogens with zero attached hydrogens (tertiary/aromatic N) is 3. The number of β-lactam (4-membered cyclic amide) rings is 1. The minimum absolute atomic E-state index is 0.0609. The Labute approximate surface area is 201 Å². The van der Waals surface area contributed by atoms with Crippen LogP contribution in [0.25, 0.3) is 0 Å². The third-order valence-corrected chi connectivity index (χ3v) is 7.34. The smallest absolute Gasteiger partial charge is 0.336 e. The zero-order valence-electron chi connectivity index (χ0n) is 17.5. The fourth-order valence-electron chi connectivity index (χ4n) is 3.44. The van der Waals surface area contributed by atoms with Crippen LogP contribution < -0.4 is 10.0 Å². The average molecular weight is 506 g/mol. The highest BCUT2D eigenvalue weighted by atomic mass is 32.2. The number of nitro benzene ring substituents is 1. The largest absolute Gasteiger partial charge is 0.457 e. The molecule has 0 saturated carbocycles. The number of hydrogen-bond acceptors (Lipinski definition) is 11. The zero-order valence-corrected chi connectivity index (χ0v) is 19.1. The SMILES string of the molecule is O=C(NC1C(=O)N2C=C(C(=O)OCc3ccc([N+](=O)[O-])cc3)CS[C@H]12)C(=NO)C1=CSNCC1. The van der Waals surface area contributed by atoms with Crippen molar-refractivity contribution >= 4 is 52.9 Å². The van der Waals surface area contributed by atoms with Crippen molar-refractivity contribution in [3.05, 3.63) is 62.7 Å². The number of nitro groups is 1. The standard InChI is InChI=1S/C20H19N5O7S2/c26-17(15(23-29)12-5-6-21-34-10-12)22-16-18(27)24-7-13(9-33-19(16)24)20(28)32-8-11-1-3-14(4-2-11)25(30)31/h1-4,7,10,16,19,21,29H,5-6,8-9H2,(H,22,26)/t16?,19-/m1/s1. The fourth-order valence-corrected chi connectivity index (χ4v) is 5.36. The summed E-state index contributed by atoms with van der Waals surface area (Å²) in [7, 11) is 0. The Kier molecular flexibility index (Phi) is 7.19. The fraction of sp³-hybridized carbons (Fsp3) is 0.300. The normalized spacial score (nSPS) is 22.1. The topological polar surface area (TPSA) is 163 Å². The van der Waals surface area contributed by atoms with E-state index in [2.05, 4.69) is 15.2 Å². The number of oxime groups is 1. The van der Waals surface area contributed by atoms with Crippen LogP contribution in [-0.2, 0) is 25.7 Å². The minimum atomic E-state index is -0.807. The van der Waals surface area contributed by atoms with Gasteiger partial charge in [0.2, 0.25) is 0 Å². The predicted molar refractivity (Wildman–Crippen MR) is 124 cm³/mol. The van der Waals surface area contributed by atoms with E-state index < -0.39 is 28.7 Å². The van der Waals surface area contributed by atoms with Crippen LogP contribution in [0.5, 0.6) is 0 Å². The van der Waals surface area contributed by atoms with Gasteiger partial charge in [0.1, 0.15) is 18.0 Å². The number of carbonyl (C=O) groups is 3. The molecule has 2 amide bonds. The summed E-state index contributed by atoms with van der Waals surface area (Å²) in [6.07, 6.45) is 1.92. The van der Waals surface area contributed by atoms with Crippen molar-refractivity contribution in [1.82, 2.24) is 14.9 Å². The van der Waals surface area contributed by atoms with E-state index in [4.69, 9.17) is 4.74 Å². The van der Waals surface area contributed by atoms with Crippen LogP contribution in [0.15, 0.2) is 52.2 Å². The van der Waals surface area contributed by atoms with Gasteiger partial charge in [0.05, 0.1) is 10.5 Å². The first kappa shape index (κ1) is 23.8. The van der Waals surface area contributed by atoms with Crippen molar-refractivity contribution in [3.63, 3.8) is 0 Å². The molecular formula is C20H19N5O7S2. The molecule has 34 heavy (non-hydrogen) atoms. The number of hydrogen-bond donors (Lipinski definition) is 3. The van der Waals surface area contributed by atoms with Crippen LogP contribution in [0.2, 0.25) is 0 Å². The molecule has 12 nitrogen and oxygen atoms in total. The summed E-state index contributed by atoms with van der Waals surface area (Å²) in [5.41, 5.74) is 1.26. The Hall–Kier alpha value is -3.36. The van der Waals surface area contributed by atoms with Gasteiger partial charge in [0.25, 0.3) is 17.5 Å². The first-order valence-electron chi connectivity index (χ1n) is 10.0. The van der Waals surface area contributed by atoms with Gasteiger partial charge in [-0.05, 0) is 35.1 Å². The molecule has 2 atom stereocenters. The maximum absolute atomic E-state index is 12.6. The van der Waals surface area contributed by atoms with Gasteiger partial charge >= 0.3 is 5.97 Å². The molecule has 178 valence electrons. The monoisotopic (exact) mass is 505 g/mol. The highest BCUT2D eigenvalue weighted by molar-refractivity contribution is 8.00. The first-order chi connectivity index (χ1) is 16.4. The third kappa shape index (κ3) is 4.93. The molecule has 1 fully saturated rings. The summed E-state index contributed by atoms with van der Waals surface area (Å²) in [6, 6.07) is 4.84. The number of carbonyl (C=O) groups excluding carboxylic acids is 3. The van der Waals surface area contributed by atoms with E-state index >= 15 is 0 Å². The summed E-state index contributed by atoms with van der Waals surface area (Å²) in [6.45, 7) is 0.549. The third-order valence-electron chi connectivity index (χ3n) is 5.25. The van der Waals surface area contributed by atoms with Crippen molar-refractivity contribution in [1.29, 1.82) is 0 Å². The molecule has 4 rings (SSSR count). The molecule has 3 aliphatic heterocycles. The molecule has 1 saturated heterocycles. The van der Waals surface area contributed by atoms with Gasteiger partial charge in [-0.15, -0.1) is 11.8 Å². The maximum atomic E-state index is 12.6. The van der Waals surface area contributed by atoms with Crippen LogP contribution in [0.1, 0.15) is 12.0 Å². The Bertz CT molecular complexity index is 1120. The number of thioether (sulfide) groups is 1. The molecule has 1 aromatic carbocycles. The van der Waals surface area contributed by atoms with Gasteiger partial charge < -0.3 is 20.2 Å². The van der Waals surface area contributed by atoms with Crippen LogP contribution in [0, 0.1) is 10.1 Å². The van der Waals surface area contributed by atoms with Gasteiger partial charge in [-0.1, -0.05) is 17.1 Å². The summed E-state index contributed by atoms with van der Waals surface area (Å²) >= 11 is 2.59. The molecule has 3 heterocycles. The molecule has 14 heteroatoms.